The highest BCUT2D eigenvalue weighted by molar-refractivity contribution is 5.81. The average molecular weight is 263 g/mol. The summed E-state index contributed by atoms with van der Waals surface area (Å²) in [5.41, 5.74) is 7.47. The number of rotatable bonds is 3. The Morgan fingerprint density at radius 1 is 1.37 bits per heavy atom. The Morgan fingerprint density at radius 3 is 2.89 bits per heavy atom. The fourth-order valence-electron chi connectivity index (χ4n) is 2.08. The number of carbonyl (C=O) groups excluding carboxylic acids is 1. The lowest BCUT2D eigenvalue weighted by molar-refractivity contribution is -0.127. The van der Waals surface area contributed by atoms with Gasteiger partial charge < -0.3 is 20.7 Å². The molecule has 5 heteroatoms. The molecule has 1 amide bonds. The van der Waals surface area contributed by atoms with Gasteiger partial charge in [-0.25, -0.2) is 0 Å². The lowest BCUT2D eigenvalue weighted by Crippen LogP contribution is -2.36. The van der Waals surface area contributed by atoms with Gasteiger partial charge in [-0.1, -0.05) is 0 Å². The van der Waals surface area contributed by atoms with Gasteiger partial charge in [-0.05, 0) is 31.4 Å². The van der Waals surface area contributed by atoms with Gasteiger partial charge >= 0.3 is 0 Å². The van der Waals surface area contributed by atoms with Crippen molar-refractivity contribution in [2.45, 2.75) is 25.4 Å². The lowest BCUT2D eigenvalue weighted by atomic mass is 10.1. The number of anilines is 2. The highest BCUT2D eigenvalue weighted by atomic mass is 16.5. The minimum atomic E-state index is -0.442. The van der Waals surface area contributed by atoms with Crippen LogP contribution < -0.4 is 20.7 Å². The normalized spacial score (nSPS) is 19.5. The zero-order chi connectivity index (χ0) is 13.8. The number of nitrogens with one attached hydrogen (secondary N) is 1. The van der Waals surface area contributed by atoms with Crippen LogP contribution in [0.1, 0.15) is 19.3 Å². The summed E-state index contributed by atoms with van der Waals surface area (Å²) in [5, 5.41) is 2.86. The SMILES string of the molecule is CN(C)c1ccc(N)c(OC2CCCCNC2=O)c1. The monoisotopic (exact) mass is 263 g/mol. The molecule has 0 aliphatic carbocycles. The van der Waals surface area contributed by atoms with Gasteiger partial charge in [-0.15, -0.1) is 0 Å². The largest absolute Gasteiger partial charge is 0.478 e. The summed E-state index contributed by atoms with van der Waals surface area (Å²) in [5.74, 6) is 0.528. The molecule has 3 N–H and O–H groups in total. The van der Waals surface area contributed by atoms with Crippen LogP contribution in [0.15, 0.2) is 18.2 Å². The van der Waals surface area contributed by atoms with Gasteiger partial charge in [0.1, 0.15) is 5.75 Å². The first kappa shape index (κ1) is 13.5. The first-order valence-electron chi connectivity index (χ1n) is 6.59. The van der Waals surface area contributed by atoms with Crippen molar-refractivity contribution in [1.29, 1.82) is 0 Å². The van der Waals surface area contributed by atoms with E-state index >= 15 is 0 Å². The van der Waals surface area contributed by atoms with Gasteiger partial charge in [0.25, 0.3) is 5.91 Å². The number of nitrogens with two attached hydrogens (primary N) is 1. The fourth-order valence-corrected chi connectivity index (χ4v) is 2.08. The highest BCUT2D eigenvalue weighted by Gasteiger charge is 2.23. The molecular formula is C14H21N3O2. The first-order chi connectivity index (χ1) is 9.08. The Hall–Kier alpha value is -1.91. The van der Waals surface area contributed by atoms with Crippen LogP contribution in [-0.2, 0) is 4.79 Å². The number of nitrogen functional groups attached to an aromatic ring is 1. The van der Waals surface area contributed by atoms with Crippen LogP contribution in [0, 0.1) is 0 Å². The van der Waals surface area contributed by atoms with Crippen molar-refractivity contribution in [3.63, 3.8) is 0 Å². The molecule has 1 atom stereocenters. The Balaban J connectivity index is 2.17. The third-order valence-electron chi connectivity index (χ3n) is 3.27. The molecule has 1 unspecified atom stereocenters. The predicted molar refractivity (Wildman–Crippen MR) is 76.5 cm³/mol. The van der Waals surface area contributed by atoms with E-state index in [1.807, 2.05) is 31.1 Å². The van der Waals surface area contributed by atoms with Crippen molar-refractivity contribution in [2.24, 2.45) is 0 Å². The van der Waals surface area contributed by atoms with Gasteiger partial charge in [-0.2, -0.15) is 0 Å². The van der Waals surface area contributed by atoms with E-state index in [0.29, 0.717) is 11.4 Å². The molecule has 2 rings (SSSR count). The number of nitrogens with zero attached hydrogens (tertiary/aromatic N) is 1. The Labute approximate surface area is 113 Å². The van der Waals surface area contributed by atoms with E-state index < -0.39 is 6.10 Å². The Bertz CT molecular complexity index is 460. The van der Waals surface area contributed by atoms with Crippen LogP contribution in [0.25, 0.3) is 0 Å². The average Bonchev–Trinajstić information content (AvgIpc) is 2.57. The second kappa shape index (κ2) is 5.82. The van der Waals surface area contributed by atoms with Crippen molar-refractivity contribution in [3.8, 4) is 5.75 Å². The molecule has 1 fully saturated rings. The molecule has 1 heterocycles. The third kappa shape index (κ3) is 3.30. The van der Waals surface area contributed by atoms with Gasteiger partial charge in [-0.3, -0.25) is 4.79 Å². The highest BCUT2D eigenvalue weighted by Crippen LogP contribution is 2.28. The Morgan fingerprint density at radius 2 is 2.16 bits per heavy atom. The molecule has 104 valence electrons. The summed E-state index contributed by atoms with van der Waals surface area (Å²) in [6.07, 6.45) is 2.27. The third-order valence-corrected chi connectivity index (χ3v) is 3.27. The maximum atomic E-state index is 11.9. The number of benzene rings is 1. The van der Waals surface area contributed by atoms with Crippen molar-refractivity contribution in [2.75, 3.05) is 31.3 Å². The number of amides is 1. The molecule has 1 aliphatic rings. The van der Waals surface area contributed by atoms with Crippen molar-refractivity contribution in [3.05, 3.63) is 18.2 Å². The number of hydrogen-bond donors (Lipinski definition) is 2. The van der Waals surface area contributed by atoms with Crippen LogP contribution in [0.4, 0.5) is 11.4 Å². The maximum absolute atomic E-state index is 11.9. The predicted octanol–water partition coefficient (Wildman–Crippen LogP) is 1.38. The molecule has 0 aromatic heterocycles. The molecule has 5 nitrogen and oxygen atoms in total. The molecule has 1 saturated heterocycles. The van der Waals surface area contributed by atoms with E-state index in [1.165, 1.54) is 0 Å². The van der Waals surface area contributed by atoms with Crippen LogP contribution in [0.2, 0.25) is 0 Å². The maximum Gasteiger partial charge on any atom is 0.261 e. The van der Waals surface area contributed by atoms with E-state index in [1.54, 1.807) is 6.07 Å². The van der Waals surface area contributed by atoms with Crippen molar-refractivity contribution < 1.29 is 9.53 Å². The summed E-state index contributed by atoms with van der Waals surface area (Å²) in [7, 11) is 3.90. The summed E-state index contributed by atoms with van der Waals surface area (Å²) >= 11 is 0. The molecular weight excluding hydrogens is 242 g/mol. The lowest BCUT2D eigenvalue weighted by Gasteiger charge is -2.19. The van der Waals surface area contributed by atoms with Crippen LogP contribution in [0.5, 0.6) is 5.75 Å². The molecule has 1 aromatic rings. The van der Waals surface area contributed by atoms with Crippen molar-refractivity contribution in [1.82, 2.24) is 5.32 Å². The number of hydrogen-bond acceptors (Lipinski definition) is 4. The van der Waals surface area contributed by atoms with Crippen LogP contribution in [-0.4, -0.2) is 32.7 Å². The molecule has 0 radical (unpaired) electrons. The van der Waals surface area contributed by atoms with Crippen molar-refractivity contribution >= 4 is 17.3 Å². The second-order valence-electron chi connectivity index (χ2n) is 5.01. The summed E-state index contributed by atoms with van der Waals surface area (Å²) in [6, 6.07) is 5.60. The standard InChI is InChI=1S/C14H21N3O2/c1-17(2)10-6-7-11(15)13(9-10)19-12-5-3-4-8-16-14(12)18/h6-7,9,12H,3-5,8,15H2,1-2H3,(H,16,18). The zero-order valence-electron chi connectivity index (χ0n) is 11.5. The smallest absolute Gasteiger partial charge is 0.261 e. The molecule has 1 aliphatic heterocycles. The number of carbonyl (C=O) groups is 1. The topological polar surface area (TPSA) is 67.6 Å². The van der Waals surface area contributed by atoms with E-state index in [2.05, 4.69) is 5.32 Å². The van der Waals surface area contributed by atoms with Gasteiger partial charge in [0.15, 0.2) is 6.10 Å². The van der Waals surface area contributed by atoms with Gasteiger partial charge in [0.05, 0.1) is 5.69 Å². The first-order valence-corrected chi connectivity index (χ1v) is 6.59. The van der Waals surface area contributed by atoms with Gasteiger partial charge in [0, 0.05) is 32.4 Å². The Kier molecular flexibility index (Phi) is 4.14. The molecule has 0 saturated carbocycles. The fraction of sp³-hybridized carbons (Fsp3) is 0.500. The summed E-state index contributed by atoms with van der Waals surface area (Å²) in [4.78, 5) is 13.8. The van der Waals surface area contributed by atoms with E-state index in [4.69, 9.17) is 10.5 Å². The molecule has 19 heavy (non-hydrogen) atoms. The van der Waals surface area contributed by atoms with E-state index in [0.717, 1.165) is 31.5 Å². The van der Waals surface area contributed by atoms with E-state index in [-0.39, 0.29) is 5.91 Å². The second-order valence-corrected chi connectivity index (χ2v) is 5.01. The van der Waals surface area contributed by atoms with E-state index in [9.17, 15) is 4.79 Å². The molecule has 0 spiro atoms. The number of ether oxygens (including phenoxy) is 1. The quantitative estimate of drug-likeness (QED) is 0.809. The van der Waals surface area contributed by atoms with Crippen LogP contribution in [0.3, 0.4) is 0 Å². The minimum absolute atomic E-state index is 0.0489. The molecule has 1 aromatic carbocycles. The summed E-state index contributed by atoms with van der Waals surface area (Å²) in [6.45, 7) is 0.728. The van der Waals surface area contributed by atoms with Gasteiger partial charge in [0.2, 0.25) is 0 Å². The molecule has 0 bridgehead atoms. The zero-order valence-corrected chi connectivity index (χ0v) is 11.5. The minimum Gasteiger partial charge on any atom is -0.478 e. The summed E-state index contributed by atoms with van der Waals surface area (Å²) < 4.78 is 5.81. The van der Waals surface area contributed by atoms with Crippen LogP contribution >= 0.6 is 0 Å².